The number of aromatic nitrogens is 3. The Morgan fingerprint density at radius 1 is 1.30 bits per heavy atom. The summed E-state index contributed by atoms with van der Waals surface area (Å²) < 4.78 is 14.7. The highest BCUT2D eigenvalue weighted by Crippen LogP contribution is 2.16. The molecule has 0 aromatic carbocycles. The SMILES string of the molecule is C=C/C=C\C=C(/C)C#Cc1c(C)nn(-c2ccc(F)nc2)c1C. The van der Waals surface area contributed by atoms with Crippen LogP contribution in [0.15, 0.2) is 54.8 Å². The second-order valence-electron chi connectivity index (χ2n) is 5.02. The van der Waals surface area contributed by atoms with E-state index in [4.69, 9.17) is 0 Å². The van der Waals surface area contributed by atoms with E-state index in [0.29, 0.717) is 5.69 Å². The van der Waals surface area contributed by atoms with Gasteiger partial charge >= 0.3 is 0 Å². The monoisotopic (exact) mass is 307 g/mol. The number of pyridine rings is 1. The Labute approximate surface area is 135 Å². The summed E-state index contributed by atoms with van der Waals surface area (Å²) in [5.41, 5.74) is 4.25. The number of halogens is 1. The molecule has 0 fully saturated rings. The number of hydrogen-bond acceptors (Lipinski definition) is 2. The van der Waals surface area contributed by atoms with E-state index in [1.165, 1.54) is 12.3 Å². The van der Waals surface area contributed by atoms with Crippen LogP contribution in [0.2, 0.25) is 0 Å². The summed E-state index contributed by atoms with van der Waals surface area (Å²) >= 11 is 0. The minimum atomic E-state index is -0.511. The van der Waals surface area contributed by atoms with Crippen LogP contribution in [0.25, 0.3) is 5.69 Å². The average molecular weight is 307 g/mol. The lowest BCUT2D eigenvalue weighted by atomic mass is 10.2. The predicted molar refractivity (Wildman–Crippen MR) is 90.8 cm³/mol. The Bertz CT molecular complexity index is 828. The van der Waals surface area contributed by atoms with Gasteiger partial charge in [-0.1, -0.05) is 42.7 Å². The summed E-state index contributed by atoms with van der Waals surface area (Å²) in [6.45, 7) is 9.40. The maximum Gasteiger partial charge on any atom is 0.212 e. The summed E-state index contributed by atoms with van der Waals surface area (Å²) in [4.78, 5) is 3.66. The molecule has 0 radical (unpaired) electrons. The fourth-order valence-corrected chi connectivity index (χ4v) is 2.05. The van der Waals surface area contributed by atoms with Gasteiger partial charge in [-0.25, -0.2) is 9.67 Å². The molecular formula is C19H18FN3. The molecule has 0 amide bonds. The van der Waals surface area contributed by atoms with E-state index in [2.05, 4.69) is 28.5 Å². The zero-order chi connectivity index (χ0) is 16.8. The maximum atomic E-state index is 12.9. The summed E-state index contributed by atoms with van der Waals surface area (Å²) in [5, 5.41) is 4.47. The van der Waals surface area contributed by atoms with Crippen molar-refractivity contribution in [3.8, 4) is 17.5 Å². The summed E-state index contributed by atoms with van der Waals surface area (Å²) in [6.07, 6.45) is 8.84. The van der Waals surface area contributed by atoms with Crippen molar-refractivity contribution in [3.05, 3.63) is 77.7 Å². The van der Waals surface area contributed by atoms with E-state index in [1.807, 2.05) is 39.0 Å². The zero-order valence-electron chi connectivity index (χ0n) is 13.5. The minimum Gasteiger partial charge on any atom is -0.235 e. The molecule has 23 heavy (non-hydrogen) atoms. The van der Waals surface area contributed by atoms with Crippen LogP contribution in [0.4, 0.5) is 4.39 Å². The molecule has 0 saturated heterocycles. The van der Waals surface area contributed by atoms with Crippen LogP contribution in [0, 0.1) is 31.6 Å². The quantitative estimate of drug-likeness (QED) is 0.486. The highest BCUT2D eigenvalue weighted by molar-refractivity contribution is 5.48. The minimum absolute atomic E-state index is 0.511. The molecule has 0 spiro atoms. The predicted octanol–water partition coefficient (Wildman–Crippen LogP) is 4.06. The van der Waals surface area contributed by atoms with Gasteiger partial charge in [0.1, 0.15) is 0 Å². The van der Waals surface area contributed by atoms with Crippen molar-refractivity contribution in [1.29, 1.82) is 0 Å². The Kier molecular flexibility index (Phi) is 5.27. The molecule has 116 valence electrons. The third-order valence-corrected chi connectivity index (χ3v) is 3.23. The van der Waals surface area contributed by atoms with Gasteiger partial charge in [-0.15, -0.1) is 0 Å². The second-order valence-corrected chi connectivity index (χ2v) is 5.02. The Morgan fingerprint density at radius 3 is 2.74 bits per heavy atom. The number of nitrogens with zero attached hydrogens (tertiary/aromatic N) is 3. The molecule has 0 unspecified atom stereocenters. The normalized spacial score (nSPS) is 11.4. The molecule has 0 N–H and O–H groups in total. The fraction of sp³-hybridized carbons (Fsp3) is 0.158. The van der Waals surface area contributed by atoms with Crippen LogP contribution in [0.3, 0.4) is 0 Å². The van der Waals surface area contributed by atoms with Crippen molar-refractivity contribution < 1.29 is 4.39 Å². The van der Waals surface area contributed by atoms with Crippen molar-refractivity contribution in [2.24, 2.45) is 0 Å². The molecule has 0 atom stereocenters. The Morgan fingerprint density at radius 2 is 2.09 bits per heavy atom. The highest BCUT2D eigenvalue weighted by Gasteiger charge is 2.11. The summed E-state index contributed by atoms with van der Waals surface area (Å²) in [7, 11) is 0. The molecule has 2 heterocycles. The van der Waals surface area contributed by atoms with Crippen LogP contribution in [0.1, 0.15) is 23.9 Å². The Hall–Kier alpha value is -2.93. The molecular weight excluding hydrogens is 289 g/mol. The van der Waals surface area contributed by atoms with Crippen molar-refractivity contribution >= 4 is 0 Å². The van der Waals surface area contributed by atoms with Gasteiger partial charge in [0, 0.05) is 0 Å². The summed E-state index contributed by atoms with van der Waals surface area (Å²) in [5.74, 6) is 5.75. The smallest absolute Gasteiger partial charge is 0.212 e. The molecule has 2 rings (SSSR count). The van der Waals surface area contributed by atoms with Crippen LogP contribution in [-0.4, -0.2) is 14.8 Å². The number of allylic oxidation sites excluding steroid dienone is 5. The largest absolute Gasteiger partial charge is 0.235 e. The van der Waals surface area contributed by atoms with Gasteiger partial charge < -0.3 is 0 Å². The lowest BCUT2D eigenvalue weighted by Gasteiger charge is -2.02. The van der Waals surface area contributed by atoms with Gasteiger partial charge in [0.15, 0.2) is 0 Å². The first-order valence-corrected chi connectivity index (χ1v) is 7.19. The average Bonchev–Trinajstić information content (AvgIpc) is 2.81. The molecule has 2 aromatic rings. The second kappa shape index (κ2) is 7.37. The maximum absolute atomic E-state index is 12.9. The number of rotatable bonds is 3. The zero-order valence-corrected chi connectivity index (χ0v) is 13.5. The third-order valence-electron chi connectivity index (χ3n) is 3.23. The summed E-state index contributed by atoms with van der Waals surface area (Å²) in [6, 6.07) is 2.96. The van der Waals surface area contributed by atoms with Crippen molar-refractivity contribution in [2.75, 3.05) is 0 Å². The lowest BCUT2D eigenvalue weighted by molar-refractivity contribution is 0.582. The van der Waals surface area contributed by atoms with Crippen LogP contribution >= 0.6 is 0 Å². The van der Waals surface area contributed by atoms with Gasteiger partial charge in [0.05, 0.1) is 28.8 Å². The van der Waals surface area contributed by atoms with E-state index in [-0.39, 0.29) is 0 Å². The molecule has 0 bridgehead atoms. The van der Waals surface area contributed by atoms with E-state index in [9.17, 15) is 4.39 Å². The van der Waals surface area contributed by atoms with Crippen LogP contribution in [0.5, 0.6) is 0 Å². The number of aryl methyl sites for hydroxylation is 1. The van der Waals surface area contributed by atoms with Gasteiger partial charge in [-0.3, -0.25) is 0 Å². The van der Waals surface area contributed by atoms with Gasteiger partial charge in [0.2, 0.25) is 5.95 Å². The topological polar surface area (TPSA) is 30.7 Å². The lowest BCUT2D eigenvalue weighted by Crippen LogP contribution is -2.00. The van der Waals surface area contributed by atoms with Crippen molar-refractivity contribution in [1.82, 2.24) is 14.8 Å². The molecule has 3 nitrogen and oxygen atoms in total. The standard InChI is InChI=1S/C19H18FN3/c1-5-6-7-8-14(2)9-11-18-15(3)22-23(16(18)4)17-10-12-19(20)21-13-17/h5-8,10,12-13H,1H2,2-4H3/b7-6-,14-8+. The molecule has 0 aliphatic rings. The van der Waals surface area contributed by atoms with E-state index < -0.39 is 5.95 Å². The first kappa shape index (κ1) is 16.4. The molecule has 0 aliphatic heterocycles. The number of hydrogen-bond donors (Lipinski definition) is 0. The fourth-order valence-electron chi connectivity index (χ4n) is 2.05. The third kappa shape index (κ3) is 4.04. The Balaban J connectivity index is 2.36. The van der Waals surface area contributed by atoms with Gasteiger partial charge in [0.25, 0.3) is 0 Å². The van der Waals surface area contributed by atoms with E-state index in [0.717, 1.165) is 22.5 Å². The van der Waals surface area contributed by atoms with Crippen molar-refractivity contribution in [3.63, 3.8) is 0 Å². The van der Waals surface area contributed by atoms with Crippen LogP contribution < -0.4 is 0 Å². The highest BCUT2D eigenvalue weighted by atomic mass is 19.1. The first-order valence-electron chi connectivity index (χ1n) is 7.19. The van der Waals surface area contributed by atoms with Crippen LogP contribution in [-0.2, 0) is 0 Å². The molecule has 4 heteroatoms. The first-order chi connectivity index (χ1) is 11.0. The van der Waals surface area contributed by atoms with Gasteiger partial charge in [-0.2, -0.15) is 9.49 Å². The van der Waals surface area contributed by atoms with Gasteiger partial charge in [-0.05, 0) is 38.5 Å². The molecule has 0 saturated carbocycles. The van der Waals surface area contributed by atoms with Crippen molar-refractivity contribution in [2.45, 2.75) is 20.8 Å². The molecule has 0 aliphatic carbocycles. The molecule has 2 aromatic heterocycles. The van der Waals surface area contributed by atoms with E-state index in [1.54, 1.807) is 16.8 Å². The van der Waals surface area contributed by atoms with E-state index >= 15 is 0 Å².